The van der Waals surface area contributed by atoms with Crippen LogP contribution >= 0.6 is 0 Å². The molecule has 0 saturated carbocycles. The van der Waals surface area contributed by atoms with Crippen molar-refractivity contribution in [2.45, 2.75) is 32.6 Å². The number of carbonyl (C=O) groups is 1. The maximum absolute atomic E-state index is 14.1. The first-order valence-electron chi connectivity index (χ1n) is 11.3. The van der Waals surface area contributed by atoms with Crippen molar-refractivity contribution in [3.05, 3.63) is 59.8 Å². The largest absolute Gasteiger partial charge is 0.394 e. The average Bonchev–Trinajstić information content (AvgIpc) is 3.10. The molecule has 2 N–H and O–H groups in total. The highest BCUT2D eigenvalue weighted by atomic mass is 16.5. The summed E-state index contributed by atoms with van der Waals surface area (Å²) in [5.41, 5.74) is 4.67. The van der Waals surface area contributed by atoms with Gasteiger partial charge in [-0.1, -0.05) is 49.4 Å². The summed E-state index contributed by atoms with van der Waals surface area (Å²) in [6.07, 6.45) is -0.0628. The highest BCUT2D eigenvalue weighted by Gasteiger charge is 2.33. The van der Waals surface area contributed by atoms with Gasteiger partial charge in [0, 0.05) is 42.5 Å². The molecule has 6 heteroatoms. The fourth-order valence-electron chi connectivity index (χ4n) is 4.75. The van der Waals surface area contributed by atoms with Crippen LogP contribution in [0.3, 0.4) is 0 Å². The zero-order chi connectivity index (χ0) is 22.8. The van der Waals surface area contributed by atoms with Crippen LogP contribution in [0, 0.1) is 5.92 Å². The third-order valence-corrected chi connectivity index (χ3v) is 6.63. The molecule has 0 fully saturated rings. The molecule has 4 rings (SSSR count). The molecule has 0 aliphatic carbocycles. The Morgan fingerprint density at radius 3 is 2.66 bits per heavy atom. The van der Waals surface area contributed by atoms with E-state index in [0.717, 1.165) is 27.6 Å². The number of aromatic nitrogens is 1. The number of likely N-dealkylation sites (N-methyl/N-ethyl adjacent to an activating group) is 1. The lowest BCUT2D eigenvalue weighted by Crippen LogP contribution is -2.47. The zero-order valence-corrected chi connectivity index (χ0v) is 19.3. The normalized spacial score (nSPS) is 20.5. The van der Waals surface area contributed by atoms with Crippen molar-refractivity contribution >= 4 is 16.8 Å². The van der Waals surface area contributed by atoms with E-state index in [0.29, 0.717) is 25.4 Å². The Hall–Kier alpha value is -2.67. The number of nitrogens with zero attached hydrogens (tertiary/aromatic N) is 2. The molecule has 0 unspecified atom stereocenters. The second-order valence-electron chi connectivity index (χ2n) is 8.83. The molecule has 1 aliphatic rings. The van der Waals surface area contributed by atoms with Gasteiger partial charge >= 0.3 is 0 Å². The van der Waals surface area contributed by atoms with Crippen molar-refractivity contribution in [2.75, 3.05) is 26.7 Å². The number of hydrogen-bond donors (Lipinski definition) is 2. The molecule has 1 aliphatic heterocycles. The summed E-state index contributed by atoms with van der Waals surface area (Å²) in [4.78, 5) is 15.9. The number of fused-ring (bicyclic) bond motifs is 5. The molecule has 1 aromatic heterocycles. The van der Waals surface area contributed by atoms with Gasteiger partial charge in [0.1, 0.15) is 5.69 Å². The van der Waals surface area contributed by atoms with Crippen LogP contribution in [-0.4, -0.2) is 59.4 Å². The highest BCUT2D eigenvalue weighted by molar-refractivity contribution is 6.10. The Morgan fingerprint density at radius 1 is 1.19 bits per heavy atom. The molecule has 2 heterocycles. The molecular formula is C26H33N3O3. The van der Waals surface area contributed by atoms with E-state index in [1.165, 1.54) is 0 Å². The van der Waals surface area contributed by atoms with Crippen molar-refractivity contribution in [3.63, 3.8) is 0 Å². The van der Waals surface area contributed by atoms with E-state index in [1.54, 1.807) is 0 Å². The smallest absolute Gasteiger partial charge is 0.271 e. The number of aryl methyl sites for hydroxylation is 1. The number of aliphatic hydroxyl groups is 1. The second kappa shape index (κ2) is 9.45. The maximum atomic E-state index is 14.1. The summed E-state index contributed by atoms with van der Waals surface area (Å²) in [5.74, 6) is 0.0239. The van der Waals surface area contributed by atoms with Crippen molar-refractivity contribution in [3.8, 4) is 11.1 Å². The van der Waals surface area contributed by atoms with Crippen LogP contribution in [0.4, 0.5) is 0 Å². The van der Waals surface area contributed by atoms with E-state index in [1.807, 2.05) is 60.8 Å². The lowest BCUT2D eigenvalue weighted by molar-refractivity contribution is -0.00658. The summed E-state index contributed by atoms with van der Waals surface area (Å²) in [6, 6.07) is 16.0. The Morgan fingerprint density at radius 2 is 1.91 bits per heavy atom. The summed E-state index contributed by atoms with van der Waals surface area (Å²) in [6.45, 7) is 5.58. The van der Waals surface area contributed by atoms with E-state index >= 15 is 0 Å². The Bertz CT molecular complexity index is 1110. The number of hydrogen-bond acceptors (Lipinski definition) is 4. The number of ether oxygens (including phenoxy) is 1. The lowest BCUT2D eigenvalue weighted by Gasteiger charge is -2.33. The van der Waals surface area contributed by atoms with Gasteiger partial charge in [0.2, 0.25) is 0 Å². The molecule has 170 valence electrons. The predicted octanol–water partition coefficient (Wildman–Crippen LogP) is 3.42. The predicted molar refractivity (Wildman–Crippen MR) is 128 cm³/mol. The van der Waals surface area contributed by atoms with Crippen molar-refractivity contribution in [1.29, 1.82) is 0 Å². The van der Waals surface area contributed by atoms with Gasteiger partial charge in [-0.3, -0.25) is 4.79 Å². The highest BCUT2D eigenvalue weighted by Crippen LogP contribution is 2.38. The van der Waals surface area contributed by atoms with Crippen LogP contribution in [0.25, 0.3) is 22.0 Å². The Kier molecular flexibility index (Phi) is 6.65. The number of aliphatic hydroxyl groups excluding tert-OH is 1. The van der Waals surface area contributed by atoms with Gasteiger partial charge in [0.15, 0.2) is 0 Å². The molecule has 0 radical (unpaired) electrons. The minimum atomic E-state index is -0.304. The maximum Gasteiger partial charge on any atom is 0.271 e. The van der Waals surface area contributed by atoms with Gasteiger partial charge in [-0.15, -0.1) is 0 Å². The van der Waals surface area contributed by atoms with E-state index in [2.05, 4.69) is 30.4 Å². The van der Waals surface area contributed by atoms with Crippen LogP contribution in [0.2, 0.25) is 0 Å². The van der Waals surface area contributed by atoms with Gasteiger partial charge in [-0.2, -0.15) is 0 Å². The molecule has 0 bridgehead atoms. The zero-order valence-electron chi connectivity index (χ0n) is 19.3. The molecule has 3 aromatic rings. The molecule has 3 atom stereocenters. The van der Waals surface area contributed by atoms with Crippen LogP contribution < -0.4 is 5.32 Å². The Labute approximate surface area is 189 Å². The number of amides is 1. The van der Waals surface area contributed by atoms with Crippen LogP contribution in [-0.2, 0) is 18.4 Å². The minimum Gasteiger partial charge on any atom is -0.394 e. The van der Waals surface area contributed by atoms with E-state index < -0.39 is 0 Å². The molecule has 0 spiro atoms. The van der Waals surface area contributed by atoms with Crippen LogP contribution in [0.15, 0.2) is 48.5 Å². The number of nitrogens with one attached hydrogen (secondary N) is 1. The first kappa shape index (κ1) is 22.5. The van der Waals surface area contributed by atoms with Crippen LogP contribution in [0.5, 0.6) is 0 Å². The van der Waals surface area contributed by atoms with E-state index in [-0.39, 0.29) is 30.6 Å². The second-order valence-corrected chi connectivity index (χ2v) is 8.83. The van der Waals surface area contributed by atoms with Gasteiger partial charge in [-0.05, 0) is 31.2 Å². The van der Waals surface area contributed by atoms with Crippen LogP contribution in [0.1, 0.15) is 29.9 Å². The molecule has 6 nitrogen and oxygen atoms in total. The summed E-state index contributed by atoms with van der Waals surface area (Å²) >= 11 is 0. The standard InChI is InChI=1S/C26H33N3O3/c1-17-14-29(18(2)15-30)26(31)25-24(21-11-7-8-12-22(21)28(25)4)20-10-6-5-9-19(20)16-32-23(17)13-27-3/h5-12,17-18,23,27,30H,13-16H2,1-4H3/t17-,18-,23+/m0/s1. The fraction of sp³-hybridized carbons (Fsp3) is 0.423. The average molecular weight is 436 g/mol. The van der Waals surface area contributed by atoms with Crippen molar-refractivity contribution < 1.29 is 14.6 Å². The summed E-state index contributed by atoms with van der Waals surface area (Å²) < 4.78 is 8.41. The van der Waals surface area contributed by atoms with E-state index in [4.69, 9.17) is 4.74 Å². The number of rotatable bonds is 4. The molecular weight excluding hydrogens is 402 g/mol. The first-order valence-corrected chi connectivity index (χ1v) is 11.3. The third-order valence-electron chi connectivity index (χ3n) is 6.63. The lowest BCUT2D eigenvalue weighted by atomic mass is 9.96. The number of benzene rings is 2. The number of carbonyl (C=O) groups excluding carboxylic acids is 1. The first-order chi connectivity index (χ1) is 15.5. The van der Waals surface area contributed by atoms with Crippen molar-refractivity contribution in [1.82, 2.24) is 14.8 Å². The van der Waals surface area contributed by atoms with Gasteiger partial charge in [0.25, 0.3) is 5.91 Å². The fourth-order valence-corrected chi connectivity index (χ4v) is 4.75. The monoisotopic (exact) mass is 435 g/mol. The summed E-state index contributed by atoms with van der Waals surface area (Å²) in [5, 5.41) is 14.2. The summed E-state index contributed by atoms with van der Waals surface area (Å²) in [7, 11) is 3.86. The van der Waals surface area contributed by atoms with E-state index in [9.17, 15) is 9.90 Å². The quantitative estimate of drug-likeness (QED) is 0.659. The molecule has 1 amide bonds. The SMILES string of the molecule is CNC[C@H]1OCc2ccccc2-c2c(n(C)c3ccccc23)C(=O)N([C@@H](C)CO)C[C@@H]1C. The number of para-hydroxylation sites is 1. The third kappa shape index (κ3) is 3.94. The minimum absolute atomic E-state index is 0.0628. The molecule has 2 aromatic carbocycles. The molecule has 0 saturated heterocycles. The topological polar surface area (TPSA) is 66.7 Å². The Balaban J connectivity index is 1.99. The molecule has 32 heavy (non-hydrogen) atoms. The van der Waals surface area contributed by atoms with Gasteiger partial charge in [-0.25, -0.2) is 0 Å². The van der Waals surface area contributed by atoms with Gasteiger partial charge in [0.05, 0.1) is 25.4 Å². The van der Waals surface area contributed by atoms with Crippen molar-refractivity contribution in [2.24, 2.45) is 13.0 Å². The van der Waals surface area contributed by atoms with Gasteiger partial charge < -0.3 is 24.6 Å².